The fraction of sp³-hybridized carbons (Fsp3) is 0.312. The molecule has 2 fully saturated rings. The number of likely N-dealkylation sites (tertiary alicyclic amines) is 2. The molecule has 0 saturated carbocycles. The molecule has 4 aromatic heterocycles. The van der Waals surface area contributed by atoms with Crippen molar-refractivity contribution in [2.24, 2.45) is 11.8 Å². The van der Waals surface area contributed by atoms with Crippen molar-refractivity contribution in [3.63, 3.8) is 0 Å². The first kappa shape index (κ1) is 57.5. The van der Waals surface area contributed by atoms with E-state index < -0.39 is 42.9 Å². The van der Waals surface area contributed by atoms with Crippen LogP contribution >= 0.6 is 0 Å². The van der Waals surface area contributed by atoms with E-state index in [1.165, 1.54) is 48.5 Å². The van der Waals surface area contributed by atoms with Crippen LogP contribution in [0.25, 0.3) is 65.9 Å². The summed E-state index contributed by atoms with van der Waals surface area (Å²) in [6.45, 7) is 15.3. The Morgan fingerprint density at radius 1 is 0.536 bits per heavy atom. The smallest absolute Gasteiger partial charge is 0.410 e. The van der Waals surface area contributed by atoms with Gasteiger partial charge in [-0.3, -0.25) is 9.36 Å². The van der Waals surface area contributed by atoms with E-state index in [4.69, 9.17) is 14.6 Å². The fourth-order valence-electron chi connectivity index (χ4n) is 11.1. The number of carbonyl (C=O) groups is 2. The number of hydrogen-bond acceptors (Lipinski definition) is 10. The molecule has 0 aliphatic carbocycles. The Morgan fingerprint density at radius 2 is 0.988 bits per heavy atom. The minimum atomic E-state index is -3.94. The highest BCUT2D eigenvalue weighted by molar-refractivity contribution is 7.90. The molecule has 0 atom stereocenters. The summed E-state index contributed by atoms with van der Waals surface area (Å²) in [7, 11) is -7.88. The van der Waals surface area contributed by atoms with Crippen molar-refractivity contribution >= 4 is 75.8 Å². The standard InChI is InChI=1S/2C32H33FN4O4S/c1-32(2,3)41-31(38)35-15-13-22(14-16-35)20-36-29-12-9-23(17-24(29)19-34-36)28-21-37(30-18-25(33)10-11-27(28)30)42(39,40)26-7-5-4-6-8-26;1-32(2,3)41-31(38)35-15-13-22(14-16-35)19-36-20-24-17-23(9-12-29(24)34-36)28-21-37(30-18-25(33)10-11-27(28)30)42(39,40)26-7-5-4-6-8-26/h4-12,17-19,21-22H,13-16,20H2,1-3H3;4-12,17-18,20-22H,13-16,19H2,1-3H3. The van der Waals surface area contributed by atoms with Crippen LogP contribution in [0.5, 0.6) is 0 Å². The van der Waals surface area contributed by atoms with Gasteiger partial charge in [-0.1, -0.05) is 48.5 Å². The van der Waals surface area contributed by atoms with Gasteiger partial charge in [0.05, 0.1) is 38.1 Å². The van der Waals surface area contributed by atoms with Crippen molar-refractivity contribution < 1.29 is 44.7 Å². The molecule has 2 aliphatic rings. The van der Waals surface area contributed by atoms with Crippen LogP contribution in [-0.2, 0) is 42.6 Å². The number of amides is 2. The predicted molar refractivity (Wildman–Crippen MR) is 320 cm³/mol. The second kappa shape index (κ2) is 22.7. The van der Waals surface area contributed by atoms with E-state index in [1.54, 1.807) is 70.7 Å². The van der Waals surface area contributed by atoms with Crippen molar-refractivity contribution in [3.05, 3.63) is 170 Å². The Hall–Kier alpha value is -8.36. The number of hydrogen-bond donors (Lipinski definition) is 0. The third-order valence-electron chi connectivity index (χ3n) is 15.3. The number of aromatic nitrogens is 6. The first-order valence-corrected chi connectivity index (χ1v) is 31.0. The second-order valence-electron chi connectivity index (χ2n) is 23.7. The van der Waals surface area contributed by atoms with Gasteiger partial charge in [0.2, 0.25) is 0 Å². The van der Waals surface area contributed by atoms with E-state index in [0.717, 1.165) is 79.7 Å². The lowest BCUT2D eigenvalue weighted by Gasteiger charge is -2.33. The SMILES string of the molecule is CC(C)(C)OC(=O)N1CCC(Cn2cc3cc(-c4cn(S(=O)(=O)c5ccccc5)c5cc(F)ccc45)ccc3n2)CC1.CC(C)(C)OC(=O)N1CCC(Cn2ncc3cc(-c4cn(S(=O)(=O)c5ccccc5)c5cc(F)ccc45)ccc32)CC1. The molecule has 436 valence electrons. The summed E-state index contributed by atoms with van der Waals surface area (Å²) in [6.07, 6.45) is 9.88. The van der Waals surface area contributed by atoms with Crippen LogP contribution in [-0.4, -0.2) is 104 Å². The molecule has 0 radical (unpaired) electrons. The molecular formula is C64H66F2N8O8S2. The molecular weight excluding hydrogens is 1110 g/mol. The summed E-state index contributed by atoms with van der Waals surface area (Å²) in [5, 5.41) is 12.5. The van der Waals surface area contributed by atoms with Gasteiger partial charge in [0.25, 0.3) is 20.0 Å². The average Bonchev–Trinajstić information content (AvgIpc) is 2.86. The second-order valence-corrected chi connectivity index (χ2v) is 27.3. The Labute approximate surface area is 486 Å². The molecule has 0 bridgehead atoms. The number of nitrogens with zero attached hydrogens (tertiary/aromatic N) is 8. The van der Waals surface area contributed by atoms with Gasteiger partial charge in [-0.2, -0.15) is 10.2 Å². The zero-order valence-corrected chi connectivity index (χ0v) is 49.3. The van der Waals surface area contributed by atoms with Gasteiger partial charge in [0, 0.05) is 90.5 Å². The van der Waals surface area contributed by atoms with E-state index >= 15 is 0 Å². The highest BCUT2D eigenvalue weighted by Crippen LogP contribution is 2.38. The van der Waals surface area contributed by atoms with Gasteiger partial charge in [-0.25, -0.2) is 43.2 Å². The van der Waals surface area contributed by atoms with Crippen LogP contribution in [0, 0.1) is 23.5 Å². The van der Waals surface area contributed by atoms with Gasteiger partial charge in [-0.15, -0.1) is 0 Å². The highest BCUT2D eigenvalue weighted by Gasteiger charge is 2.30. The number of fused-ring (bicyclic) bond motifs is 4. The van der Waals surface area contributed by atoms with Crippen molar-refractivity contribution in [1.82, 2.24) is 37.3 Å². The zero-order chi connectivity index (χ0) is 59.3. The molecule has 0 spiro atoms. The van der Waals surface area contributed by atoms with Gasteiger partial charge in [-0.05, 0) is 175 Å². The van der Waals surface area contributed by atoms with Crippen LogP contribution < -0.4 is 0 Å². The van der Waals surface area contributed by atoms with Crippen molar-refractivity contribution in [2.75, 3.05) is 26.2 Å². The maximum Gasteiger partial charge on any atom is 0.410 e. The van der Waals surface area contributed by atoms with Gasteiger partial charge in [0.15, 0.2) is 0 Å². The summed E-state index contributed by atoms with van der Waals surface area (Å²) in [5.41, 5.74) is 4.34. The third kappa shape index (κ3) is 12.2. The van der Waals surface area contributed by atoms with E-state index in [2.05, 4.69) is 5.10 Å². The molecule has 20 heteroatoms. The molecule has 12 rings (SSSR count). The molecule has 6 heterocycles. The van der Waals surface area contributed by atoms with Crippen molar-refractivity contribution in [3.8, 4) is 22.3 Å². The van der Waals surface area contributed by atoms with E-state index in [9.17, 15) is 35.2 Å². The first-order chi connectivity index (χ1) is 40.0. The molecule has 6 aromatic carbocycles. The van der Waals surface area contributed by atoms with Crippen LogP contribution in [0.15, 0.2) is 168 Å². The lowest BCUT2D eigenvalue weighted by Crippen LogP contribution is -2.42. The van der Waals surface area contributed by atoms with Crippen molar-refractivity contribution in [2.45, 2.75) is 101 Å². The molecule has 2 amide bonds. The zero-order valence-electron chi connectivity index (χ0n) is 47.7. The lowest BCUT2D eigenvalue weighted by molar-refractivity contribution is 0.0167. The Kier molecular flexibility index (Phi) is 15.5. The fourth-order valence-corrected chi connectivity index (χ4v) is 13.9. The molecule has 10 aromatic rings. The molecule has 16 nitrogen and oxygen atoms in total. The molecule has 2 aliphatic heterocycles. The minimum absolute atomic E-state index is 0.131. The topological polar surface area (TPSA) is 173 Å². The van der Waals surface area contributed by atoms with Gasteiger partial charge >= 0.3 is 12.2 Å². The maximum atomic E-state index is 14.3. The van der Waals surface area contributed by atoms with E-state index in [-0.39, 0.29) is 33.0 Å². The summed E-state index contributed by atoms with van der Waals surface area (Å²) in [5.74, 6) is -0.258. The van der Waals surface area contributed by atoms with E-state index in [0.29, 0.717) is 59.9 Å². The number of halogens is 2. The minimum Gasteiger partial charge on any atom is -0.444 e. The number of carbonyl (C=O) groups excluding carboxylic acids is 2. The Bertz CT molecular complexity index is 4160. The summed E-state index contributed by atoms with van der Waals surface area (Å²) in [6, 6.07) is 36.5. The Balaban J connectivity index is 0.000000175. The maximum absolute atomic E-state index is 14.3. The van der Waals surface area contributed by atoms with E-state index in [1.807, 2.05) is 99.7 Å². The molecule has 0 N–H and O–H groups in total. The van der Waals surface area contributed by atoms with Crippen LogP contribution in [0.2, 0.25) is 0 Å². The number of piperidine rings is 2. The van der Waals surface area contributed by atoms with Crippen LogP contribution in [0.4, 0.5) is 18.4 Å². The molecule has 2 saturated heterocycles. The summed E-state index contributed by atoms with van der Waals surface area (Å²) in [4.78, 5) is 28.6. The third-order valence-corrected chi connectivity index (χ3v) is 18.7. The van der Waals surface area contributed by atoms with Crippen LogP contribution in [0.3, 0.4) is 0 Å². The predicted octanol–water partition coefficient (Wildman–Crippen LogP) is 13.4. The van der Waals surface area contributed by atoms with Crippen molar-refractivity contribution in [1.29, 1.82) is 0 Å². The lowest BCUT2D eigenvalue weighted by atomic mass is 9.97. The first-order valence-electron chi connectivity index (χ1n) is 28.1. The van der Waals surface area contributed by atoms with Crippen LogP contribution in [0.1, 0.15) is 67.2 Å². The highest BCUT2D eigenvalue weighted by atomic mass is 32.2. The quantitative estimate of drug-likeness (QED) is 0.128. The summed E-state index contributed by atoms with van der Waals surface area (Å²) < 4.78 is 100.0. The summed E-state index contributed by atoms with van der Waals surface area (Å²) >= 11 is 0. The molecule has 0 unspecified atom stereocenters. The monoisotopic (exact) mass is 1180 g/mol. The number of ether oxygens (including phenoxy) is 2. The normalized spacial score (nSPS) is 15.0. The number of rotatable bonds is 10. The Morgan fingerprint density at radius 3 is 1.46 bits per heavy atom. The van der Waals surface area contributed by atoms with Gasteiger partial charge < -0.3 is 19.3 Å². The van der Waals surface area contributed by atoms with Gasteiger partial charge in [0.1, 0.15) is 22.8 Å². The number of benzene rings is 6. The average molecular weight is 1180 g/mol. The molecule has 84 heavy (non-hydrogen) atoms. The largest absolute Gasteiger partial charge is 0.444 e.